The van der Waals surface area contributed by atoms with Gasteiger partial charge >= 0.3 is 0 Å². The van der Waals surface area contributed by atoms with Gasteiger partial charge in [-0.1, -0.05) is 29.0 Å². The number of hydrogen-bond acceptors (Lipinski definition) is 6. The highest BCUT2D eigenvalue weighted by atomic mass is 35.5. The highest BCUT2D eigenvalue weighted by Gasteiger charge is 2.39. The first-order valence-electron chi connectivity index (χ1n) is 9.28. The monoisotopic (exact) mass is 405 g/mol. The number of nitrogens with zero attached hydrogens (tertiary/aromatic N) is 4. The maximum Gasteiger partial charge on any atom is 0.254 e. The molecule has 0 radical (unpaired) electrons. The van der Waals surface area contributed by atoms with Gasteiger partial charge in [0.25, 0.3) is 5.91 Å². The molecule has 3 heterocycles. The Morgan fingerprint density at radius 3 is 2.74 bits per heavy atom. The lowest BCUT2D eigenvalue weighted by atomic mass is 9.78. The zero-order valence-corrected chi connectivity index (χ0v) is 17.2. The lowest BCUT2D eigenvalue weighted by Crippen LogP contribution is -2.38. The molecular weight excluding hydrogens is 382 g/mol. The quantitative estimate of drug-likeness (QED) is 0.849. The maximum atomic E-state index is 12.1. The number of halogens is 1. The fourth-order valence-corrected chi connectivity index (χ4v) is 5.11. The van der Waals surface area contributed by atoms with Crippen LogP contribution < -0.4 is 10.2 Å². The average Bonchev–Trinajstić information content (AvgIpc) is 3.29. The van der Waals surface area contributed by atoms with Gasteiger partial charge in [0.05, 0.1) is 10.6 Å². The van der Waals surface area contributed by atoms with Crippen LogP contribution in [0, 0.1) is 5.41 Å². The van der Waals surface area contributed by atoms with Crippen LogP contribution in [0.5, 0.6) is 0 Å². The van der Waals surface area contributed by atoms with E-state index in [1.807, 2.05) is 6.07 Å². The Balaban J connectivity index is 1.51. The molecule has 1 amide bonds. The zero-order chi connectivity index (χ0) is 19.0. The van der Waals surface area contributed by atoms with Crippen molar-refractivity contribution in [3.8, 4) is 10.6 Å². The van der Waals surface area contributed by atoms with Crippen LogP contribution >= 0.6 is 22.9 Å². The number of rotatable bonds is 3. The Morgan fingerprint density at radius 2 is 2.04 bits per heavy atom. The number of benzene rings is 1. The van der Waals surface area contributed by atoms with Crippen molar-refractivity contribution >= 4 is 34.0 Å². The molecule has 2 fully saturated rings. The first-order valence-corrected chi connectivity index (χ1v) is 10.5. The summed E-state index contributed by atoms with van der Waals surface area (Å²) in [4.78, 5) is 16.0. The van der Waals surface area contributed by atoms with E-state index >= 15 is 0 Å². The van der Waals surface area contributed by atoms with Gasteiger partial charge in [-0.15, -0.1) is 10.2 Å². The molecule has 1 aromatic carbocycles. The predicted octanol–water partition coefficient (Wildman–Crippen LogP) is 3.14. The minimum Gasteiger partial charge on any atom is -0.346 e. The van der Waals surface area contributed by atoms with Crippen LogP contribution in [0.3, 0.4) is 0 Å². The topological polar surface area (TPSA) is 61.4 Å². The van der Waals surface area contributed by atoms with E-state index in [2.05, 4.69) is 20.4 Å². The predicted molar refractivity (Wildman–Crippen MR) is 110 cm³/mol. The minimum absolute atomic E-state index is 0.103. The Morgan fingerprint density at radius 1 is 1.26 bits per heavy atom. The molecule has 0 saturated carbocycles. The summed E-state index contributed by atoms with van der Waals surface area (Å²) < 4.78 is 0. The third-order valence-corrected chi connectivity index (χ3v) is 6.99. The second-order valence-electron chi connectivity index (χ2n) is 7.71. The fraction of sp³-hybridized carbons (Fsp3) is 0.526. The standard InChI is InChI=1S/C19H24ClN5OS/c1-24(2)17(26)14-4-3-13(11-15(14)20)16-22-23-18(27-16)25-10-7-19(12-25)5-8-21-9-6-19/h3-4,11,21H,5-10,12H2,1-2H3. The Labute approximate surface area is 168 Å². The van der Waals surface area contributed by atoms with Crippen LogP contribution in [0.15, 0.2) is 18.2 Å². The summed E-state index contributed by atoms with van der Waals surface area (Å²) in [5.41, 5.74) is 1.84. The number of carbonyl (C=O) groups excluding carboxylic acids is 1. The molecule has 0 aliphatic carbocycles. The van der Waals surface area contributed by atoms with Crippen LogP contribution in [0.2, 0.25) is 5.02 Å². The largest absolute Gasteiger partial charge is 0.346 e. The van der Waals surface area contributed by atoms with Gasteiger partial charge in [-0.2, -0.15) is 0 Å². The highest BCUT2D eigenvalue weighted by Crippen LogP contribution is 2.42. The van der Waals surface area contributed by atoms with E-state index in [1.165, 1.54) is 24.2 Å². The molecule has 1 spiro atoms. The first-order chi connectivity index (χ1) is 13.0. The van der Waals surface area contributed by atoms with Gasteiger partial charge in [-0.05, 0) is 49.9 Å². The molecule has 1 aromatic heterocycles. The SMILES string of the molecule is CN(C)C(=O)c1ccc(-c2nnc(N3CCC4(CCNCC4)C3)s2)cc1Cl. The molecule has 0 unspecified atom stereocenters. The molecule has 6 nitrogen and oxygen atoms in total. The van der Waals surface area contributed by atoms with Crippen LogP contribution in [-0.2, 0) is 0 Å². The van der Waals surface area contributed by atoms with Crippen molar-refractivity contribution < 1.29 is 4.79 Å². The Bertz CT molecular complexity index is 846. The molecule has 2 aliphatic rings. The molecule has 2 aromatic rings. The number of piperidine rings is 1. The van der Waals surface area contributed by atoms with Crippen LogP contribution in [0.1, 0.15) is 29.6 Å². The summed E-state index contributed by atoms with van der Waals surface area (Å²) in [6, 6.07) is 5.47. The van der Waals surface area contributed by atoms with Crippen LogP contribution in [0.4, 0.5) is 5.13 Å². The van der Waals surface area contributed by atoms with Gasteiger partial charge in [0.2, 0.25) is 5.13 Å². The lowest BCUT2D eigenvalue weighted by Gasteiger charge is -2.33. The van der Waals surface area contributed by atoms with Gasteiger partial charge in [-0.3, -0.25) is 4.79 Å². The van der Waals surface area contributed by atoms with Gasteiger partial charge in [0.15, 0.2) is 0 Å². The van der Waals surface area contributed by atoms with Crippen molar-refractivity contribution in [2.45, 2.75) is 19.3 Å². The summed E-state index contributed by atoms with van der Waals surface area (Å²) in [5.74, 6) is -0.103. The minimum atomic E-state index is -0.103. The van der Waals surface area contributed by atoms with E-state index in [4.69, 9.17) is 11.6 Å². The number of amides is 1. The van der Waals surface area contributed by atoms with E-state index in [1.54, 1.807) is 37.6 Å². The van der Waals surface area contributed by atoms with E-state index in [0.717, 1.165) is 41.9 Å². The Hall–Kier alpha value is -1.70. The molecule has 2 aliphatic heterocycles. The number of nitrogens with one attached hydrogen (secondary N) is 1. The summed E-state index contributed by atoms with van der Waals surface area (Å²) in [7, 11) is 3.43. The second-order valence-corrected chi connectivity index (χ2v) is 9.07. The van der Waals surface area contributed by atoms with Crippen LogP contribution in [0.25, 0.3) is 10.6 Å². The number of carbonyl (C=O) groups is 1. The molecule has 8 heteroatoms. The fourth-order valence-electron chi connectivity index (χ4n) is 3.99. The van der Waals surface area contributed by atoms with E-state index in [-0.39, 0.29) is 5.91 Å². The summed E-state index contributed by atoms with van der Waals surface area (Å²) in [6.07, 6.45) is 3.72. The average molecular weight is 406 g/mol. The van der Waals surface area contributed by atoms with Crippen molar-refractivity contribution in [3.63, 3.8) is 0 Å². The molecule has 27 heavy (non-hydrogen) atoms. The molecule has 0 bridgehead atoms. The summed E-state index contributed by atoms with van der Waals surface area (Å²) in [6.45, 7) is 4.35. The van der Waals surface area contributed by atoms with E-state index < -0.39 is 0 Å². The van der Waals surface area contributed by atoms with Crippen molar-refractivity contribution in [2.24, 2.45) is 5.41 Å². The third kappa shape index (κ3) is 3.68. The van der Waals surface area contributed by atoms with Crippen molar-refractivity contribution in [3.05, 3.63) is 28.8 Å². The van der Waals surface area contributed by atoms with Gasteiger partial charge < -0.3 is 15.1 Å². The highest BCUT2D eigenvalue weighted by molar-refractivity contribution is 7.18. The molecular formula is C19H24ClN5OS. The maximum absolute atomic E-state index is 12.1. The van der Waals surface area contributed by atoms with Crippen molar-refractivity contribution in [1.29, 1.82) is 0 Å². The number of aromatic nitrogens is 2. The smallest absolute Gasteiger partial charge is 0.254 e. The van der Waals surface area contributed by atoms with Crippen molar-refractivity contribution in [1.82, 2.24) is 20.4 Å². The lowest BCUT2D eigenvalue weighted by molar-refractivity contribution is 0.0828. The van der Waals surface area contributed by atoms with Crippen molar-refractivity contribution in [2.75, 3.05) is 45.2 Å². The third-order valence-electron chi connectivity index (χ3n) is 5.64. The Kier molecular flexibility index (Phi) is 5.09. The molecule has 1 N–H and O–H groups in total. The normalized spacial score (nSPS) is 18.9. The number of anilines is 1. The number of hydrogen-bond donors (Lipinski definition) is 1. The summed E-state index contributed by atoms with van der Waals surface area (Å²) >= 11 is 7.94. The van der Waals surface area contributed by atoms with Gasteiger partial charge in [-0.25, -0.2) is 0 Å². The van der Waals surface area contributed by atoms with Crippen LogP contribution in [-0.4, -0.2) is 61.3 Å². The van der Waals surface area contributed by atoms with Gasteiger partial charge in [0.1, 0.15) is 5.01 Å². The van der Waals surface area contributed by atoms with E-state index in [9.17, 15) is 4.79 Å². The molecule has 2 saturated heterocycles. The molecule has 4 rings (SSSR count). The summed E-state index contributed by atoms with van der Waals surface area (Å²) in [5, 5.41) is 14.5. The second kappa shape index (κ2) is 7.37. The molecule has 144 valence electrons. The first kappa shape index (κ1) is 18.7. The van der Waals surface area contributed by atoms with Gasteiger partial charge in [0, 0.05) is 32.7 Å². The van der Waals surface area contributed by atoms with E-state index in [0.29, 0.717) is 16.0 Å². The molecule has 0 atom stereocenters. The zero-order valence-electron chi connectivity index (χ0n) is 15.7.